The summed E-state index contributed by atoms with van der Waals surface area (Å²) in [6, 6.07) is 11.0. The van der Waals surface area contributed by atoms with Crippen molar-refractivity contribution in [2.24, 2.45) is 0 Å². The minimum atomic E-state index is -0.673. The van der Waals surface area contributed by atoms with E-state index in [9.17, 15) is 14.9 Å². The van der Waals surface area contributed by atoms with Gasteiger partial charge >= 0.3 is 5.97 Å². The second-order valence-corrected chi connectivity index (χ2v) is 4.85. The summed E-state index contributed by atoms with van der Waals surface area (Å²) in [5.41, 5.74) is 0.588. The molecule has 0 fully saturated rings. The molecule has 130 valence electrons. The van der Waals surface area contributed by atoms with Gasteiger partial charge in [0.15, 0.2) is 11.5 Å². The molecular formula is C18H17NO6. The summed E-state index contributed by atoms with van der Waals surface area (Å²) in [6.45, 7) is 2.47. The number of carbonyl (C=O) groups is 1. The molecule has 2 aromatic rings. The van der Waals surface area contributed by atoms with Crippen LogP contribution in [0.3, 0.4) is 0 Å². The van der Waals surface area contributed by atoms with Gasteiger partial charge in [-0.1, -0.05) is 12.1 Å². The van der Waals surface area contributed by atoms with Crippen LogP contribution in [0.4, 0.5) is 5.69 Å². The lowest BCUT2D eigenvalue weighted by atomic mass is 10.2. The van der Waals surface area contributed by atoms with Gasteiger partial charge in [-0.3, -0.25) is 10.1 Å². The number of ether oxygens (including phenoxy) is 3. The van der Waals surface area contributed by atoms with E-state index in [1.807, 2.05) is 6.92 Å². The van der Waals surface area contributed by atoms with Gasteiger partial charge in [-0.15, -0.1) is 0 Å². The maximum absolute atomic E-state index is 11.9. The zero-order chi connectivity index (χ0) is 18.2. The minimum absolute atomic E-state index is 0.0157. The molecule has 0 bridgehead atoms. The zero-order valence-corrected chi connectivity index (χ0v) is 13.8. The maximum Gasteiger partial charge on any atom is 0.336 e. The predicted octanol–water partition coefficient (Wildman–Crippen LogP) is 3.62. The highest BCUT2D eigenvalue weighted by Crippen LogP contribution is 2.31. The van der Waals surface area contributed by atoms with Crippen LogP contribution in [0.25, 0.3) is 6.08 Å². The molecule has 0 heterocycles. The van der Waals surface area contributed by atoms with Crippen LogP contribution in [0.1, 0.15) is 12.5 Å². The average molecular weight is 343 g/mol. The number of hydrogen-bond acceptors (Lipinski definition) is 6. The lowest BCUT2D eigenvalue weighted by molar-refractivity contribution is -0.384. The molecule has 0 amide bonds. The number of nitro groups is 1. The van der Waals surface area contributed by atoms with Crippen molar-refractivity contribution in [2.75, 3.05) is 13.7 Å². The number of methoxy groups -OCH3 is 1. The van der Waals surface area contributed by atoms with Gasteiger partial charge in [-0.2, -0.15) is 0 Å². The van der Waals surface area contributed by atoms with Crippen LogP contribution in [0.2, 0.25) is 0 Å². The number of nitro benzene ring substituents is 1. The quantitative estimate of drug-likeness (QED) is 0.251. The Morgan fingerprint density at radius 2 is 1.88 bits per heavy atom. The lowest BCUT2D eigenvalue weighted by Crippen LogP contribution is -2.05. The van der Waals surface area contributed by atoms with E-state index < -0.39 is 10.9 Å². The summed E-state index contributed by atoms with van der Waals surface area (Å²) in [7, 11) is 1.38. The molecule has 0 saturated heterocycles. The monoisotopic (exact) mass is 343 g/mol. The average Bonchev–Trinajstić information content (AvgIpc) is 2.61. The Bertz CT molecular complexity index is 783. The molecule has 7 nitrogen and oxygen atoms in total. The molecule has 7 heteroatoms. The molecule has 0 atom stereocenters. The molecule has 0 radical (unpaired) electrons. The fourth-order valence-corrected chi connectivity index (χ4v) is 2.01. The molecule has 25 heavy (non-hydrogen) atoms. The van der Waals surface area contributed by atoms with Gasteiger partial charge in [-0.25, -0.2) is 4.79 Å². The summed E-state index contributed by atoms with van der Waals surface area (Å²) in [5, 5.41) is 10.8. The van der Waals surface area contributed by atoms with Crippen LogP contribution in [-0.4, -0.2) is 24.6 Å². The molecule has 0 aliphatic carbocycles. The van der Waals surface area contributed by atoms with E-state index in [2.05, 4.69) is 0 Å². The molecule has 0 aromatic heterocycles. The molecule has 0 unspecified atom stereocenters. The van der Waals surface area contributed by atoms with Crippen molar-refractivity contribution in [2.45, 2.75) is 6.92 Å². The summed E-state index contributed by atoms with van der Waals surface area (Å²) in [6.07, 6.45) is 2.80. The molecule has 0 spiro atoms. The Kier molecular flexibility index (Phi) is 6.11. The van der Waals surface area contributed by atoms with Crippen molar-refractivity contribution in [1.82, 2.24) is 0 Å². The van der Waals surface area contributed by atoms with E-state index >= 15 is 0 Å². The number of non-ortho nitro benzene ring substituents is 1. The van der Waals surface area contributed by atoms with Gasteiger partial charge in [-0.05, 0) is 36.8 Å². The van der Waals surface area contributed by atoms with Crippen LogP contribution >= 0.6 is 0 Å². The normalized spacial score (nSPS) is 10.5. The van der Waals surface area contributed by atoms with Crippen molar-refractivity contribution in [3.63, 3.8) is 0 Å². The molecule has 0 N–H and O–H groups in total. The number of carbonyl (C=O) groups excluding carboxylic acids is 1. The Hall–Kier alpha value is -3.35. The number of benzene rings is 2. The highest BCUT2D eigenvalue weighted by atomic mass is 16.6. The highest BCUT2D eigenvalue weighted by Gasteiger charge is 2.14. The highest BCUT2D eigenvalue weighted by molar-refractivity contribution is 5.89. The van der Waals surface area contributed by atoms with Crippen molar-refractivity contribution >= 4 is 17.7 Å². The number of nitrogens with zero attached hydrogens (tertiary/aromatic N) is 1. The van der Waals surface area contributed by atoms with Gasteiger partial charge in [0.25, 0.3) is 5.69 Å². The van der Waals surface area contributed by atoms with Crippen molar-refractivity contribution in [3.8, 4) is 17.2 Å². The van der Waals surface area contributed by atoms with Crippen LogP contribution in [0.5, 0.6) is 17.2 Å². The van der Waals surface area contributed by atoms with Crippen molar-refractivity contribution < 1.29 is 23.9 Å². The standard InChI is InChI=1S/C18H17NO6/c1-3-24-15-8-4-13(5-9-15)6-11-18(20)25-17-12-14(19(21)22)7-10-16(17)23-2/h4-12H,3H2,1-2H3/b11-6+. The maximum atomic E-state index is 11.9. The third-order valence-corrected chi connectivity index (χ3v) is 3.17. The topological polar surface area (TPSA) is 87.9 Å². The largest absolute Gasteiger partial charge is 0.494 e. The fourth-order valence-electron chi connectivity index (χ4n) is 2.01. The van der Waals surface area contributed by atoms with Gasteiger partial charge in [0.2, 0.25) is 0 Å². The van der Waals surface area contributed by atoms with E-state index in [4.69, 9.17) is 14.2 Å². The number of rotatable bonds is 7. The van der Waals surface area contributed by atoms with E-state index in [0.29, 0.717) is 6.61 Å². The Morgan fingerprint density at radius 3 is 2.48 bits per heavy atom. The van der Waals surface area contributed by atoms with E-state index in [1.165, 1.54) is 25.3 Å². The smallest absolute Gasteiger partial charge is 0.336 e. The second kappa shape index (κ2) is 8.49. The Morgan fingerprint density at radius 1 is 1.16 bits per heavy atom. The van der Waals surface area contributed by atoms with E-state index in [-0.39, 0.29) is 17.2 Å². The summed E-state index contributed by atoms with van der Waals surface area (Å²) >= 11 is 0. The van der Waals surface area contributed by atoms with Crippen LogP contribution in [0.15, 0.2) is 48.5 Å². The summed E-state index contributed by atoms with van der Waals surface area (Å²) < 4.78 is 15.5. The van der Waals surface area contributed by atoms with Gasteiger partial charge in [0.1, 0.15) is 5.75 Å². The zero-order valence-electron chi connectivity index (χ0n) is 13.8. The fraction of sp³-hybridized carbons (Fsp3) is 0.167. The SMILES string of the molecule is CCOc1ccc(/C=C/C(=O)Oc2cc([N+](=O)[O-])ccc2OC)cc1. The minimum Gasteiger partial charge on any atom is -0.494 e. The third-order valence-electron chi connectivity index (χ3n) is 3.17. The summed E-state index contributed by atoms with van der Waals surface area (Å²) in [5.74, 6) is 0.280. The lowest BCUT2D eigenvalue weighted by Gasteiger charge is -2.07. The Labute approximate surface area is 144 Å². The van der Waals surface area contributed by atoms with Crippen molar-refractivity contribution in [3.05, 3.63) is 64.2 Å². The van der Waals surface area contributed by atoms with Crippen molar-refractivity contribution in [1.29, 1.82) is 0 Å². The van der Waals surface area contributed by atoms with E-state index in [1.54, 1.807) is 30.3 Å². The first-order chi connectivity index (χ1) is 12.0. The predicted molar refractivity (Wildman–Crippen MR) is 91.9 cm³/mol. The first-order valence-electron chi connectivity index (χ1n) is 7.48. The van der Waals surface area contributed by atoms with Crippen LogP contribution < -0.4 is 14.2 Å². The molecule has 2 rings (SSSR count). The summed E-state index contributed by atoms with van der Waals surface area (Å²) in [4.78, 5) is 22.2. The number of hydrogen-bond donors (Lipinski definition) is 0. The Balaban J connectivity index is 2.08. The first kappa shape index (κ1) is 18.0. The molecule has 0 saturated carbocycles. The second-order valence-electron chi connectivity index (χ2n) is 4.85. The molecule has 0 aliphatic rings. The van der Waals surface area contributed by atoms with Crippen LogP contribution in [-0.2, 0) is 4.79 Å². The molecular weight excluding hydrogens is 326 g/mol. The van der Waals surface area contributed by atoms with Gasteiger partial charge in [0, 0.05) is 12.1 Å². The van der Waals surface area contributed by atoms with Crippen LogP contribution in [0, 0.1) is 10.1 Å². The van der Waals surface area contributed by atoms with Gasteiger partial charge < -0.3 is 14.2 Å². The third kappa shape index (κ3) is 5.07. The first-order valence-corrected chi connectivity index (χ1v) is 7.48. The molecule has 2 aromatic carbocycles. The van der Waals surface area contributed by atoms with E-state index in [0.717, 1.165) is 17.4 Å². The molecule has 0 aliphatic heterocycles. The number of esters is 1. The van der Waals surface area contributed by atoms with Gasteiger partial charge in [0.05, 0.1) is 24.7 Å².